The lowest BCUT2D eigenvalue weighted by atomic mass is 9.81. The topological polar surface area (TPSA) is 80.8 Å². The number of Topliss-reactive ketones (excluding diaryl/α,β-unsaturated/α-hetero) is 1. The van der Waals surface area contributed by atoms with Crippen LogP contribution in [-0.4, -0.2) is 50.8 Å². The molecule has 7 atom stereocenters. The number of amides is 2. The molecular weight excluding hydrogens is 529 g/mol. The molecule has 6 nitrogen and oxygen atoms in total. The van der Waals surface area contributed by atoms with E-state index in [1.54, 1.807) is 24.3 Å². The largest absolute Gasteiger partial charge is 0.456 e. The predicted molar refractivity (Wildman–Crippen MR) is 112 cm³/mol. The molecule has 2 saturated carbocycles. The molecule has 1 heterocycles. The van der Waals surface area contributed by atoms with Gasteiger partial charge in [0.1, 0.15) is 6.04 Å². The van der Waals surface area contributed by atoms with Crippen molar-refractivity contribution in [3.8, 4) is 0 Å². The Balaban J connectivity index is 1.42. The van der Waals surface area contributed by atoms with Crippen LogP contribution in [0.4, 0.5) is 0 Å². The van der Waals surface area contributed by atoms with E-state index in [-0.39, 0.29) is 39.1 Å². The van der Waals surface area contributed by atoms with Crippen molar-refractivity contribution in [1.82, 2.24) is 4.90 Å². The Kier molecular flexibility index (Phi) is 5.63. The number of esters is 1. The van der Waals surface area contributed by atoms with Gasteiger partial charge in [-0.25, -0.2) is 4.79 Å². The number of benzene rings is 1. The molecular formula is C20H18Br2ClNO5. The normalized spacial score (nSPS) is 33.7. The lowest BCUT2D eigenvalue weighted by Crippen LogP contribution is -2.45. The predicted octanol–water partition coefficient (Wildman–Crippen LogP) is 3.23. The van der Waals surface area contributed by atoms with Crippen LogP contribution in [0.3, 0.4) is 0 Å². The lowest BCUT2D eigenvalue weighted by Gasteiger charge is -2.28. The molecule has 0 unspecified atom stereocenters. The molecule has 0 radical (unpaired) electrons. The fourth-order valence-electron chi connectivity index (χ4n) is 4.84. The van der Waals surface area contributed by atoms with Gasteiger partial charge in [0, 0.05) is 20.2 Å². The van der Waals surface area contributed by atoms with Crippen molar-refractivity contribution in [3.05, 3.63) is 34.9 Å². The van der Waals surface area contributed by atoms with Crippen molar-refractivity contribution in [1.29, 1.82) is 0 Å². The SMILES string of the molecule is C[C@H](C(=O)OCC(=O)c1ccc(Cl)cc1)N1C(=O)[C@@H]2[C@H]3C[C@@H]([C@H](Br)[C@H]3Br)[C@@H]2C1=O. The molecule has 29 heavy (non-hydrogen) atoms. The number of fused-ring (bicyclic) bond motifs is 5. The minimum Gasteiger partial charge on any atom is -0.456 e. The highest BCUT2D eigenvalue weighted by Crippen LogP contribution is 2.60. The van der Waals surface area contributed by atoms with Gasteiger partial charge in [0.25, 0.3) is 0 Å². The van der Waals surface area contributed by atoms with Gasteiger partial charge in [-0.1, -0.05) is 43.5 Å². The molecule has 9 heteroatoms. The van der Waals surface area contributed by atoms with E-state index in [1.165, 1.54) is 6.92 Å². The molecule has 1 aromatic carbocycles. The van der Waals surface area contributed by atoms with Crippen molar-refractivity contribution in [2.75, 3.05) is 6.61 Å². The highest BCUT2D eigenvalue weighted by molar-refractivity contribution is 9.12. The summed E-state index contributed by atoms with van der Waals surface area (Å²) >= 11 is 13.1. The number of carbonyl (C=O) groups excluding carboxylic acids is 4. The third-order valence-electron chi connectivity index (χ3n) is 6.26. The van der Waals surface area contributed by atoms with Crippen molar-refractivity contribution < 1.29 is 23.9 Å². The average molecular weight is 548 g/mol. The Morgan fingerprint density at radius 3 is 2.14 bits per heavy atom. The van der Waals surface area contributed by atoms with Crippen LogP contribution < -0.4 is 0 Å². The summed E-state index contributed by atoms with van der Waals surface area (Å²) in [7, 11) is 0. The number of carbonyl (C=O) groups is 4. The van der Waals surface area contributed by atoms with Crippen LogP contribution in [0.15, 0.2) is 24.3 Å². The second kappa shape index (κ2) is 7.78. The van der Waals surface area contributed by atoms with Crippen LogP contribution >= 0.6 is 43.5 Å². The zero-order valence-electron chi connectivity index (χ0n) is 15.4. The maximum Gasteiger partial charge on any atom is 0.329 e. The Morgan fingerprint density at radius 2 is 1.62 bits per heavy atom. The molecule has 0 spiro atoms. The highest BCUT2D eigenvalue weighted by Gasteiger charge is 2.67. The van der Waals surface area contributed by atoms with Gasteiger partial charge >= 0.3 is 5.97 Å². The molecule has 2 aliphatic carbocycles. The first-order valence-electron chi connectivity index (χ1n) is 9.32. The number of alkyl halides is 2. The molecule has 3 fully saturated rings. The maximum absolute atomic E-state index is 13.0. The molecule has 0 N–H and O–H groups in total. The van der Waals surface area contributed by atoms with E-state index in [1.807, 2.05) is 0 Å². The third kappa shape index (κ3) is 3.37. The summed E-state index contributed by atoms with van der Waals surface area (Å²) in [5, 5.41) is 0.495. The summed E-state index contributed by atoms with van der Waals surface area (Å²) in [6, 6.07) is 5.16. The maximum atomic E-state index is 13.0. The van der Waals surface area contributed by atoms with Crippen molar-refractivity contribution in [3.63, 3.8) is 0 Å². The van der Waals surface area contributed by atoms with Crippen molar-refractivity contribution >= 4 is 67.0 Å². The van der Waals surface area contributed by atoms with Gasteiger partial charge in [0.2, 0.25) is 11.8 Å². The fourth-order valence-corrected chi connectivity index (χ4v) is 6.83. The molecule has 1 saturated heterocycles. The number of halogens is 3. The summed E-state index contributed by atoms with van der Waals surface area (Å²) in [6.45, 7) is 0.997. The molecule has 3 aliphatic rings. The Labute approximate surface area is 189 Å². The first kappa shape index (κ1) is 21.0. The minimum atomic E-state index is -1.07. The number of likely N-dealkylation sites (tertiary alicyclic amines) is 1. The lowest BCUT2D eigenvalue weighted by molar-refractivity contribution is -0.157. The summed E-state index contributed by atoms with van der Waals surface area (Å²) in [4.78, 5) is 51.9. The molecule has 2 amide bonds. The molecule has 1 aliphatic heterocycles. The van der Waals surface area contributed by atoms with Crippen LogP contribution in [0.2, 0.25) is 5.02 Å². The second-order valence-electron chi connectivity index (χ2n) is 7.76. The van der Waals surface area contributed by atoms with Crippen LogP contribution in [0.1, 0.15) is 23.7 Å². The second-order valence-corrected chi connectivity index (χ2v) is 10.3. The summed E-state index contributed by atoms with van der Waals surface area (Å²) < 4.78 is 5.11. The van der Waals surface area contributed by atoms with Crippen LogP contribution in [0.5, 0.6) is 0 Å². The summed E-state index contributed by atoms with van der Waals surface area (Å²) in [5.41, 5.74) is 0.362. The number of ketones is 1. The van der Waals surface area contributed by atoms with Gasteiger partial charge in [0.05, 0.1) is 11.8 Å². The van der Waals surface area contributed by atoms with E-state index in [0.29, 0.717) is 10.6 Å². The van der Waals surface area contributed by atoms with Crippen LogP contribution in [-0.2, 0) is 19.1 Å². The van der Waals surface area contributed by atoms with Gasteiger partial charge in [-0.2, -0.15) is 0 Å². The fraction of sp³-hybridized carbons (Fsp3) is 0.500. The Hall–Kier alpha value is -1.25. The number of ether oxygens (including phenoxy) is 1. The number of imide groups is 1. The minimum absolute atomic E-state index is 0.0746. The smallest absolute Gasteiger partial charge is 0.329 e. The zero-order valence-corrected chi connectivity index (χ0v) is 19.3. The van der Waals surface area contributed by atoms with E-state index in [4.69, 9.17) is 16.3 Å². The van der Waals surface area contributed by atoms with Gasteiger partial charge in [-0.15, -0.1) is 0 Å². The molecule has 2 bridgehead atoms. The number of hydrogen-bond donors (Lipinski definition) is 0. The highest BCUT2D eigenvalue weighted by atomic mass is 79.9. The average Bonchev–Trinajstić information content (AvgIpc) is 3.30. The molecule has 1 aromatic rings. The standard InChI is InChI=1S/C20H18Br2ClNO5/c1-8(20(28)29-7-13(25)9-2-4-10(23)5-3-9)24-18(26)14-11-6-12(15(14)19(24)27)17(22)16(11)21/h2-5,8,11-12,14-17H,6-7H2,1H3/t8-,11-,12-,14-,15+,16+,17+/m1/s1. The number of nitrogens with zero attached hydrogens (tertiary/aromatic N) is 1. The third-order valence-corrected chi connectivity index (χ3v) is 9.72. The van der Waals surface area contributed by atoms with Gasteiger partial charge in [0.15, 0.2) is 12.4 Å². The van der Waals surface area contributed by atoms with E-state index < -0.39 is 30.5 Å². The van der Waals surface area contributed by atoms with Crippen LogP contribution in [0.25, 0.3) is 0 Å². The first-order valence-corrected chi connectivity index (χ1v) is 11.5. The van der Waals surface area contributed by atoms with E-state index in [0.717, 1.165) is 11.3 Å². The van der Waals surface area contributed by atoms with Crippen molar-refractivity contribution in [2.24, 2.45) is 23.7 Å². The number of hydrogen-bond acceptors (Lipinski definition) is 5. The zero-order chi connectivity index (χ0) is 21.0. The molecule has 4 rings (SSSR count). The molecule has 0 aromatic heterocycles. The Bertz CT molecular complexity index is 859. The molecule has 154 valence electrons. The van der Waals surface area contributed by atoms with E-state index in [2.05, 4.69) is 31.9 Å². The number of rotatable bonds is 5. The van der Waals surface area contributed by atoms with Gasteiger partial charge in [-0.05, 0) is 49.4 Å². The summed E-state index contributed by atoms with van der Waals surface area (Å²) in [5.74, 6) is -2.42. The van der Waals surface area contributed by atoms with Crippen molar-refractivity contribution in [2.45, 2.75) is 29.0 Å². The van der Waals surface area contributed by atoms with Gasteiger partial charge in [-0.3, -0.25) is 19.3 Å². The quantitative estimate of drug-likeness (QED) is 0.245. The summed E-state index contributed by atoms with van der Waals surface area (Å²) in [6.07, 6.45) is 0.820. The van der Waals surface area contributed by atoms with Crippen LogP contribution in [0, 0.1) is 23.7 Å². The Morgan fingerprint density at radius 1 is 1.10 bits per heavy atom. The van der Waals surface area contributed by atoms with E-state index in [9.17, 15) is 19.2 Å². The first-order chi connectivity index (χ1) is 13.7. The monoisotopic (exact) mass is 545 g/mol. The van der Waals surface area contributed by atoms with E-state index >= 15 is 0 Å². The van der Waals surface area contributed by atoms with Gasteiger partial charge < -0.3 is 4.74 Å².